The molecular formula is C16H17N3O3. The van der Waals surface area contributed by atoms with Gasteiger partial charge in [-0.25, -0.2) is 9.78 Å². The maximum absolute atomic E-state index is 11.7. The lowest BCUT2D eigenvalue weighted by molar-refractivity contribution is -0.119. The quantitative estimate of drug-likeness (QED) is 0.855. The van der Waals surface area contributed by atoms with Crippen molar-refractivity contribution in [2.75, 3.05) is 11.9 Å². The minimum absolute atomic E-state index is 0.0747. The molecule has 0 saturated heterocycles. The number of carbonyl (C=O) groups is 2. The number of esters is 1. The molecule has 1 heterocycles. The molecule has 1 aromatic heterocycles. The van der Waals surface area contributed by atoms with Gasteiger partial charge in [0, 0.05) is 11.9 Å². The second-order valence-electron chi connectivity index (χ2n) is 4.72. The third-order valence-electron chi connectivity index (χ3n) is 2.97. The fourth-order valence-electron chi connectivity index (χ4n) is 1.72. The summed E-state index contributed by atoms with van der Waals surface area (Å²) < 4.78 is 4.89. The van der Waals surface area contributed by atoms with E-state index in [1.54, 1.807) is 6.92 Å². The highest BCUT2D eigenvalue weighted by Crippen LogP contribution is 2.09. The van der Waals surface area contributed by atoms with Gasteiger partial charge >= 0.3 is 5.97 Å². The minimum Gasteiger partial charge on any atom is -0.451 e. The number of nitrogens with one attached hydrogen (secondary N) is 1. The van der Waals surface area contributed by atoms with Crippen molar-refractivity contribution < 1.29 is 14.3 Å². The van der Waals surface area contributed by atoms with Crippen LogP contribution in [-0.2, 0) is 16.0 Å². The van der Waals surface area contributed by atoms with E-state index >= 15 is 0 Å². The predicted octanol–water partition coefficient (Wildman–Crippen LogP) is 2.14. The first kappa shape index (κ1) is 15.6. The smallest absolute Gasteiger partial charge is 0.359 e. The molecule has 114 valence electrons. The molecule has 6 heteroatoms. The molecule has 1 N–H and O–H groups in total. The van der Waals surface area contributed by atoms with E-state index in [-0.39, 0.29) is 12.3 Å². The van der Waals surface area contributed by atoms with Gasteiger partial charge in [-0.15, -0.1) is 0 Å². The lowest BCUT2D eigenvalue weighted by Crippen LogP contribution is -2.21. The summed E-state index contributed by atoms with van der Waals surface area (Å²) in [5.74, 6) is -1.08. The Hall–Kier alpha value is -2.76. The SMILES string of the molecule is CCc1ccc(NC(=O)COC(=O)c2cnc(C)cn2)cc1. The number of hydrogen-bond donors (Lipinski definition) is 1. The zero-order valence-corrected chi connectivity index (χ0v) is 12.5. The van der Waals surface area contributed by atoms with Gasteiger partial charge < -0.3 is 10.1 Å². The molecule has 1 amide bonds. The Morgan fingerprint density at radius 3 is 2.45 bits per heavy atom. The van der Waals surface area contributed by atoms with Gasteiger partial charge in [0.25, 0.3) is 5.91 Å². The third kappa shape index (κ3) is 4.37. The van der Waals surface area contributed by atoms with E-state index in [4.69, 9.17) is 4.74 Å². The highest BCUT2D eigenvalue weighted by molar-refractivity contribution is 5.94. The topological polar surface area (TPSA) is 81.2 Å². The number of carbonyl (C=O) groups excluding carboxylic acids is 2. The van der Waals surface area contributed by atoms with Crippen LogP contribution in [-0.4, -0.2) is 28.5 Å². The number of amides is 1. The van der Waals surface area contributed by atoms with Crippen molar-refractivity contribution in [1.82, 2.24) is 9.97 Å². The molecule has 22 heavy (non-hydrogen) atoms. The first-order valence-corrected chi connectivity index (χ1v) is 6.93. The van der Waals surface area contributed by atoms with Gasteiger partial charge in [0.1, 0.15) is 0 Å². The molecule has 0 saturated carbocycles. The number of aromatic nitrogens is 2. The molecule has 0 spiro atoms. The Kier molecular flexibility index (Phi) is 5.19. The Bertz CT molecular complexity index is 651. The monoisotopic (exact) mass is 299 g/mol. The van der Waals surface area contributed by atoms with E-state index in [2.05, 4.69) is 22.2 Å². The number of rotatable bonds is 5. The van der Waals surface area contributed by atoms with Crippen molar-refractivity contribution in [2.45, 2.75) is 20.3 Å². The van der Waals surface area contributed by atoms with Crippen LogP contribution in [0.4, 0.5) is 5.69 Å². The fourth-order valence-corrected chi connectivity index (χ4v) is 1.72. The lowest BCUT2D eigenvalue weighted by Gasteiger charge is -2.07. The zero-order valence-electron chi connectivity index (χ0n) is 12.5. The molecule has 0 fully saturated rings. The summed E-state index contributed by atoms with van der Waals surface area (Å²) in [6, 6.07) is 7.49. The average molecular weight is 299 g/mol. The van der Waals surface area contributed by atoms with Crippen molar-refractivity contribution in [3.05, 3.63) is 53.6 Å². The van der Waals surface area contributed by atoms with Crippen LogP contribution in [0.1, 0.15) is 28.7 Å². The second kappa shape index (κ2) is 7.31. The van der Waals surface area contributed by atoms with E-state index in [1.807, 2.05) is 24.3 Å². The summed E-state index contributed by atoms with van der Waals surface area (Å²) in [7, 11) is 0. The zero-order chi connectivity index (χ0) is 15.9. The molecule has 2 rings (SSSR count). The largest absolute Gasteiger partial charge is 0.451 e. The Morgan fingerprint density at radius 1 is 1.14 bits per heavy atom. The van der Waals surface area contributed by atoms with Crippen LogP contribution in [0.25, 0.3) is 0 Å². The van der Waals surface area contributed by atoms with Gasteiger partial charge in [-0.05, 0) is 31.0 Å². The number of ether oxygens (including phenoxy) is 1. The van der Waals surface area contributed by atoms with Gasteiger partial charge in [-0.2, -0.15) is 0 Å². The number of aryl methyl sites for hydroxylation is 2. The maximum atomic E-state index is 11.7. The fraction of sp³-hybridized carbons (Fsp3) is 0.250. The van der Waals surface area contributed by atoms with E-state index in [1.165, 1.54) is 18.0 Å². The number of anilines is 1. The molecule has 0 bridgehead atoms. The molecule has 1 aromatic carbocycles. The van der Waals surface area contributed by atoms with Gasteiger partial charge in [0.15, 0.2) is 12.3 Å². The number of hydrogen-bond acceptors (Lipinski definition) is 5. The Labute approximate surface area is 128 Å². The molecule has 6 nitrogen and oxygen atoms in total. The molecular weight excluding hydrogens is 282 g/mol. The highest BCUT2D eigenvalue weighted by atomic mass is 16.5. The van der Waals surface area contributed by atoms with Crippen LogP contribution in [0, 0.1) is 6.92 Å². The summed E-state index contributed by atoms with van der Waals surface area (Å²) in [5.41, 5.74) is 2.62. The van der Waals surface area contributed by atoms with Crippen molar-refractivity contribution in [3.63, 3.8) is 0 Å². The normalized spacial score (nSPS) is 10.1. The summed E-state index contributed by atoms with van der Waals surface area (Å²) in [4.78, 5) is 31.3. The first-order chi connectivity index (χ1) is 10.6. The van der Waals surface area contributed by atoms with Crippen molar-refractivity contribution in [3.8, 4) is 0 Å². The van der Waals surface area contributed by atoms with Gasteiger partial charge in [-0.3, -0.25) is 9.78 Å². The molecule has 0 aliphatic rings. The maximum Gasteiger partial charge on any atom is 0.359 e. The molecule has 0 radical (unpaired) electrons. The summed E-state index contributed by atoms with van der Waals surface area (Å²) in [6.45, 7) is 3.45. The van der Waals surface area contributed by atoms with Crippen molar-refractivity contribution in [2.24, 2.45) is 0 Å². The van der Waals surface area contributed by atoms with Gasteiger partial charge in [0.05, 0.1) is 11.9 Å². The number of benzene rings is 1. The molecule has 0 unspecified atom stereocenters. The molecule has 2 aromatic rings. The van der Waals surface area contributed by atoms with E-state index in [0.29, 0.717) is 11.4 Å². The van der Waals surface area contributed by atoms with Crippen LogP contribution < -0.4 is 5.32 Å². The first-order valence-electron chi connectivity index (χ1n) is 6.93. The van der Waals surface area contributed by atoms with Crippen LogP contribution in [0.5, 0.6) is 0 Å². The molecule has 0 aliphatic heterocycles. The van der Waals surface area contributed by atoms with E-state index in [9.17, 15) is 9.59 Å². The van der Waals surface area contributed by atoms with Crippen molar-refractivity contribution in [1.29, 1.82) is 0 Å². The van der Waals surface area contributed by atoms with E-state index in [0.717, 1.165) is 6.42 Å². The van der Waals surface area contributed by atoms with Crippen molar-refractivity contribution >= 4 is 17.6 Å². The van der Waals surface area contributed by atoms with Gasteiger partial charge in [-0.1, -0.05) is 19.1 Å². The van der Waals surface area contributed by atoms with Crippen LogP contribution in [0.2, 0.25) is 0 Å². The summed E-state index contributed by atoms with van der Waals surface area (Å²) in [6.07, 6.45) is 3.72. The summed E-state index contributed by atoms with van der Waals surface area (Å²) >= 11 is 0. The minimum atomic E-state index is -0.677. The average Bonchev–Trinajstić information content (AvgIpc) is 2.54. The second-order valence-corrected chi connectivity index (χ2v) is 4.72. The van der Waals surface area contributed by atoms with Crippen LogP contribution >= 0.6 is 0 Å². The highest BCUT2D eigenvalue weighted by Gasteiger charge is 2.12. The van der Waals surface area contributed by atoms with Gasteiger partial charge in [0.2, 0.25) is 0 Å². The van der Waals surface area contributed by atoms with Crippen LogP contribution in [0.3, 0.4) is 0 Å². The lowest BCUT2D eigenvalue weighted by atomic mass is 10.1. The Balaban J connectivity index is 1.84. The van der Waals surface area contributed by atoms with Crippen LogP contribution in [0.15, 0.2) is 36.7 Å². The standard InChI is InChI=1S/C16H17N3O3/c1-3-12-4-6-13(7-5-12)19-15(20)10-22-16(21)14-9-17-11(2)8-18-14/h4-9H,3,10H2,1-2H3,(H,19,20). The third-order valence-corrected chi connectivity index (χ3v) is 2.97. The predicted molar refractivity (Wildman–Crippen MR) is 81.5 cm³/mol. The number of nitrogens with zero attached hydrogens (tertiary/aromatic N) is 2. The molecule has 0 aliphatic carbocycles. The molecule has 0 atom stereocenters. The van der Waals surface area contributed by atoms with E-state index < -0.39 is 11.9 Å². The Morgan fingerprint density at radius 2 is 1.86 bits per heavy atom. The summed E-state index contributed by atoms with van der Waals surface area (Å²) in [5, 5.41) is 2.66.